The normalized spacial score (nSPS) is 11.4. The molecule has 0 unspecified atom stereocenters. The van der Waals surface area contributed by atoms with Crippen LogP contribution >= 0.6 is 34.7 Å². The van der Waals surface area contributed by atoms with Crippen LogP contribution in [0.1, 0.15) is 25.9 Å². The highest BCUT2D eigenvalue weighted by molar-refractivity contribution is 7.98. The van der Waals surface area contributed by atoms with Gasteiger partial charge >= 0.3 is 0 Å². The molecule has 7 heteroatoms. The zero-order chi connectivity index (χ0) is 18.5. The average molecular weight is 402 g/mol. The van der Waals surface area contributed by atoms with Crippen molar-refractivity contribution in [2.24, 2.45) is 0 Å². The van der Waals surface area contributed by atoms with E-state index < -0.39 is 0 Å². The monoisotopic (exact) mass is 401 g/mol. The molecule has 1 heterocycles. The number of rotatable bonds is 5. The largest absolute Gasteiger partial charge is 0.320 e. The number of thioether (sulfide) groups is 1. The molecule has 1 amide bonds. The van der Waals surface area contributed by atoms with E-state index in [1.54, 1.807) is 11.8 Å². The number of carbonyl (C=O) groups is 1. The molecular formula is C19H16ClN3OS2. The van der Waals surface area contributed by atoms with Crippen LogP contribution in [0.15, 0.2) is 53.4 Å². The Bertz CT molecular complexity index is 934. The summed E-state index contributed by atoms with van der Waals surface area (Å²) >= 11 is 9.18. The van der Waals surface area contributed by atoms with Crippen molar-refractivity contribution < 1.29 is 4.79 Å². The lowest BCUT2D eigenvalue weighted by Crippen LogP contribution is -2.11. The molecule has 4 nitrogen and oxygen atoms in total. The smallest absolute Gasteiger partial charge is 0.286 e. The highest BCUT2D eigenvalue weighted by atomic mass is 35.5. The molecule has 0 atom stereocenters. The van der Waals surface area contributed by atoms with Crippen LogP contribution in [-0.2, 0) is 0 Å². The zero-order valence-corrected chi connectivity index (χ0v) is 16.6. The minimum atomic E-state index is -0.300. The fourth-order valence-corrected chi connectivity index (χ4v) is 3.48. The van der Waals surface area contributed by atoms with Gasteiger partial charge in [-0.15, -0.1) is 22.0 Å². The van der Waals surface area contributed by atoms with E-state index in [1.165, 1.54) is 4.90 Å². The summed E-state index contributed by atoms with van der Waals surface area (Å²) < 4.78 is 0. The Labute approximate surface area is 165 Å². The van der Waals surface area contributed by atoms with Gasteiger partial charge < -0.3 is 5.32 Å². The van der Waals surface area contributed by atoms with Crippen LogP contribution in [0, 0.1) is 6.92 Å². The van der Waals surface area contributed by atoms with Gasteiger partial charge in [0.15, 0.2) is 5.01 Å². The molecule has 0 fully saturated rings. The molecule has 3 aromatic rings. The molecule has 0 radical (unpaired) electrons. The molecule has 0 bridgehead atoms. The Balaban J connectivity index is 1.72. The van der Waals surface area contributed by atoms with Crippen molar-refractivity contribution >= 4 is 57.4 Å². The van der Waals surface area contributed by atoms with Gasteiger partial charge in [0.2, 0.25) is 5.01 Å². The first kappa shape index (κ1) is 18.6. The number of hydrogen-bond acceptors (Lipinski definition) is 5. The quantitative estimate of drug-likeness (QED) is 0.569. The van der Waals surface area contributed by atoms with E-state index in [0.717, 1.165) is 22.5 Å². The minimum absolute atomic E-state index is 0.268. The third-order valence-corrected chi connectivity index (χ3v) is 5.64. The van der Waals surface area contributed by atoms with Crippen molar-refractivity contribution in [1.29, 1.82) is 0 Å². The molecule has 0 saturated carbocycles. The highest BCUT2D eigenvalue weighted by Gasteiger charge is 2.14. The summed E-state index contributed by atoms with van der Waals surface area (Å²) in [4.78, 5) is 13.5. The Kier molecular flexibility index (Phi) is 6.08. The van der Waals surface area contributed by atoms with Crippen LogP contribution < -0.4 is 5.32 Å². The molecular weight excluding hydrogens is 386 g/mol. The van der Waals surface area contributed by atoms with Crippen molar-refractivity contribution in [2.75, 3.05) is 11.6 Å². The Morgan fingerprint density at radius 3 is 2.38 bits per heavy atom. The van der Waals surface area contributed by atoms with E-state index in [1.807, 2.05) is 67.8 Å². The van der Waals surface area contributed by atoms with E-state index in [2.05, 4.69) is 15.5 Å². The second-order valence-corrected chi connectivity index (χ2v) is 7.76. The highest BCUT2D eigenvalue weighted by Crippen LogP contribution is 2.26. The van der Waals surface area contributed by atoms with E-state index in [-0.39, 0.29) is 10.9 Å². The molecule has 132 valence electrons. The second-order valence-electron chi connectivity index (χ2n) is 5.50. The molecule has 1 N–H and O–H groups in total. The van der Waals surface area contributed by atoms with Crippen LogP contribution in [0.2, 0.25) is 0 Å². The van der Waals surface area contributed by atoms with Gasteiger partial charge in [-0.3, -0.25) is 4.79 Å². The Hall–Kier alpha value is -2.15. The summed E-state index contributed by atoms with van der Waals surface area (Å²) in [6.45, 7) is 1.99. The third kappa shape index (κ3) is 4.72. The molecule has 0 aliphatic carbocycles. The number of aromatic nitrogens is 2. The number of halogens is 1. The van der Waals surface area contributed by atoms with E-state index in [0.29, 0.717) is 15.7 Å². The van der Waals surface area contributed by atoms with Crippen molar-refractivity contribution in [3.8, 4) is 0 Å². The summed E-state index contributed by atoms with van der Waals surface area (Å²) in [5.74, 6) is -0.300. The maximum atomic E-state index is 12.3. The van der Waals surface area contributed by atoms with Gasteiger partial charge in [0.05, 0.1) is 5.03 Å². The molecule has 26 heavy (non-hydrogen) atoms. The first-order chi connectivity index (χ1) is 12.5. The summed E-state index contributed by atoms with van der Waals surface area (Å²) in [5.41, 5.74) is 2.81. The lowest BCUT2D eigenvalue weighted by Gasteiger charge is -2.02. The Morgan fingerprint density at radius 2 is 1.73 bits per heavy atom. The van der Waals surface area contributed by atoms with E-state index in [4.69, 9.17) is 11.6 Å². The fraction of sp³-hybridized carbons (Fsp3) is 0.105. The van der Waals surface area contributed by atoms with Gasteiger partial charge in [0, 0.05) is 10.6 Å². The summed E-state index contributed by atoms with van der Waals surface area (Å²) in [7, 11) is 0. The van der Waals surface area contributed by atoms with Gasteiger partial charge in [-0.25, -0.2) is 0 Å². The fourth-order valence-electron chi connectivity index (χ4n) is 2.14. The van der Waals surface area contributed by atoms with Crippen molar-refractivity contribution in [3.63, 3.8) is 0 Å². The zero-order valence-electron chi connectivity index (χ0n) is 14.2. The van der Waals surface area contributed by atoms with Gasteiger partial charge in [-0.2, -0.15) is 0 Å². The van der Waals surface area contributed by atoms with E-state index >= 15 is 0 Å². The van der Waals surface area contributed by atoms with Crippen molar-refractivity contribution in [2.45, 2.75) is 11.8 Å². The average Bonchev–Trinajstić information content (AvgIpc) is 3.15. The summed E-state index contributed by atoms with van der Waals surface area (Å²) in [5, 5.41) is 12.0. The second kappa shape index (κ2) is 8.49. The molecule has 0 spiro atoms. The van der Waals surface area contributed by atoms with Gasteiger partial charge in [-0.05, 0) is 49.1 Å². The number of aryl methyl sites for hydroxylation is 1. The first-order valence-corrected chi connectivity index (χ1v) is 10.2. The number of amides is 1. The Morgan fingerprint density at radius 1 is 1.08 bits per heavy atom. The van der Waals surface area contributed by atoms with E-state index in [9.17, 15) is 4.79 Å². The van der Waals surface area contributed by atoms with Gasteiger partial charge in [0.25, 0.3) is 5.91 Å². The van der Waals surface area contributed by atoms with Crippen molar-refractivity contribution in [1.82, 2.24) is 10.2 Å². The molecule has 0 aliphatic rings. The van der Waals surface area contributed by atoms with Gasteiger partial charge in [0.1, 0.15) is 0 Å². The van der Waals surface area contributed by atoms with Crippen molar-refractivity contribution in [3.05, 3.63) is 69.7 Å². The van der Waals surface area contributed by atoms with Crippen LogP contribution in [-0.4, -0.2) is 22.4 Å². The number of nitrogens with one attached hydrogen (secondary N) is 1. The number of nitrogens with zero attached hydrogens (tertiary/aromatic N) is 2. The van der Waals surface area contributed by atoms with Crippen LogP contribution in [0.4, 0.5) is 5.69 Å². The predicted octanol–water partition coefficient (Wildman–Crippen LogP) is 5.56. The summed E-state index contributed by atoms with van der Waals surface area (Å²) in [6.07, 6.45) is 3.84. The number of hydrogen-bond donors (Lipinski definition) is 1. The molecule has 0 saturated heterocycles. The standard InChI is InChI=1S/C19H16ClN3OS2/c1-12-3-7-14(8-4-12)21-17(24)19-23-22-18(26-19)16(20)11-13-5-9-15(25-2)10-6-13/h3-11H,1-2H3,(H,21,24)/b16-11-. The van der Waals surface area contributed by atoms with Gasteiger partial charge in [-0.1, -0.05) is 52.8 Å². The SMILES string of the molecule is CSc1ccc(/C=C(\Cl)c2nnc(C(=O)Nc3ccc(C)cc3)s2)cc1. The lowest BCUT2D eigenvalue weighted by molar-refractivity contribution is 0.102. The number of carbonyl (C=O) groups excluding carboxylic acids is 1. The molecule has 1 aromatic heterocycles. The van der Waals surface area contributed by atoms with Crippen LogP contribution in [0.5, 0.6) is 0 Å². The first-order valence-electron chi connectivity index (χ1n) is 7.78. The molecule has 3 rings (SSSR count). The third-order valence-electron chi connectivity index (χ3n) is 3.54. The molecule has 0 aliphatic heterocycles. The lowest BCUT2D eigenvalue weighted by atomic mass is 10.2. The topological polar surface area (TPSA) is 54.9 Å². The maximum Gasteiger partial charge on any atom is 0.286 e. The predicted molar refractivity (Wildman–Crippen MR) is 111 cm³/mol. The van der Waals surface area contributed by atoms with Crippen LogP contribution in [0.25, 0.3) is 11.1 Å². The maximum absolute atomic E-state index is 12.3. The minimum Gasteiger partial charge on any atom is -0.320 e. The number of benzene rings is 2. The number of anilines is 1. The summed E-state index contributed by atoms with van der Waals surface area (Å²) in [6, 6.07) is 15.6. The molecule has 2 aromatic carbocycles. The van der Waals surface area contributed by atoms with Crippen LogP contribution in [0.3, 0.4) is 0 Å².